The van der Waals surface area contributed by atoms with Crippen LogP contribution in [0.4, 0.5) is 11.4 Å². The Balaban J connectivity index is 1.77. The molecule has 2 amide bonds. The van der Waals surface area contributed by atoms with Gasteiger partial charge in [-0.25, -0.2) is 0 Å². The summed E-state index contributed by atoms with van der Waals surface area (Å²) in [5, 5.41) is 3.42. The molecule has 2 aromatic rings. The molecule has 0 aromatic heterocycles. The van der Waals surface area contributed by atoms with Crippen LogP contribution in [0.15, 0.2) is 36.4 Å². The lowest BCUT2D eigenvalue weighted by Gasteiger charge is -2.20. The summed E-state index contributed by atoms with van der Waals surface area (Å²) >= 11 is 6.11. The van der Waals surface area contributed by atoms with E-state index in [0.717, 1.165) is 5.56 Å². The second kappa shape index (κ2) is 7.88. The normalized spacial score (nSPS) is 16.4. The number of anilines is 2. The van der Waals surface area contributed by atoms with E-state index in [0.29, 0.717) is 27.9 Å². The fraction of sp³-hybridized carbons (Fsp3) is 0.300. The Morgan fingerprint density at radius 1 is 1.19 bits per heavy atom. The number of nitrogens with zero attached hydrogens (tertiary/aromatic N) is 1. The van der Waals surface area contributed by atoms with Gasteiger partial charge in [0.25, 0.3) is 0 Å². The average molecular weight is 389 g/mol. The summed E-state index contributed by atoms with van der Waals surface area (Å²) in [5.41, 5.74) is 2.14. The molecular formula is C20H21ClN2O4. The van der Waals surface area contributed by atoms with Gasteiger partial charge in [-0.05, 0) is 36.8 Å². The second-order valence-electron chi connectivity index (χ2n) is 6.40. The lowest BCUT2D eigenvalue weighted by atomic mass is 10.1. The van der Waals surface area contributed by atoms with E-state index < -0.39 is 5.92 Å². The van der Waals surface area contributed by atoms with Crippen LogP contribution in [-0.2, 0) is 9.59 Å². The Labute approximate surface area is 163 Å². The molecule has 1 aliphatic rings. The van der Waals surface area contributed by atoms with E-state index in [4.69, 9.17) is 21.1 Å². The van der Waals surface area contributed by atoms with Crippen LogP contribution in [0.1, 0.15) is 12.0 Å². The quantitative estimate of drug-likeness (QED) is 0.848. The molecule has 1 aliphatic heterocycles. The van der Waals surface area contributed by atoms with Gasteiger partial charge in [-0.3, -0.25) is 9.59 Å². The number of rotatable bonds is 5. The Hall–Kier alpha value is -2.73. The Morgan fingerprint density at radius 3 is 2.63 bits per heavy atom. The predicted molar refractivity (Wildman–Crippen MR) is 105 cm³/mol. The number of carbonyl (C=O) groups excluding carboxylic acids is 2. The number of aryl methyl sites for hydroxylation is 1. The molecular weight excluding hydrogens is 368 g/mol. The molecule has 1 fully saturated rings. The van der Waals surface area contributed by atoms with Crippen molar-refractivity contribution in [2.24, 2.45) is 5.92 Å². The lowest BCUT2D eigenvalue weighted by Crippen LogP contribution is -2.28. The van der Waals surface area contributed by atoms with E-state index >= 15 is 0 Å². The molecule has 1 N–H and O–H groups in total. The summed E-state index contributed by atoms with van der Waals surface area (Å²) < 4.78 is 10.6. The minimum atomic E-state index is -0.464. The average Bonchev–Trinajstić information content (AvgIpc) is 3.06. The monoisotopic (exact) mass is 388 g/mol. The van der Waals surface area contributed by atoms with Gasteiger partial charge in [-0.2, -0.15) is 0 Å². The fourth-order valence-electron chi connectivity index (χ4n) is 3.04. The van der Waals surface area contributed by atoms with E-state index in [1.165, 1.54) is 7.11 Å². The highest BCUT2D eigenvalue weighted by molar-refractivity contribution is 6.31. The molecule has 2 aromatic carbocycles. The number of hydrogen-bond donors (Lipinski definition) is 1. The van der Waals surface area contributed by atoms with Gasteiger partial charge in [0.1, 0.15) is 11.5 Å². The molecule has 0 radical (unpaired) electrons. The molecule has 1 unspecified atom stereocenters. The Morgan fingerprint density at radius 2 is 1.96 bits per heavy atom. The van der Waals surface area contributed by atoms with Crippen LogP contribution in [0, 0.1) is 12.8 Å². The van der Waals surface area contributed by atoms with Crippen LogP contribution in [0.3, 0.4) is 0 Å². The molecule has 0 saturated carbocycles. The molecule has 142 valence electrons. The van der Waals surface area contributed by atoms with Gasteiger partial charge in [0, 0.05) is 29.7 Å². The highest BCUT2D eigenvalue weighted by Gasteiger charge is 2.36. The molecule has 0 aliphatic carbocycles. The molecule has 6 nitrogen and oxygen atoms in total. The minimum absolute atomic E-state index is 0.131. The van der Waals surface area contributed by atoms with Crippen LogP contribution < -0.4 is 19.7 Å². The smallest absolute Gasteiger partial charge is 0.229 e. The van der Waals surface area contributed by atoms with Crippen molar-refractivity contribution in [3.05, 3.63) is 47.0 Å². The highest BCUT2D eigenvalue weighted by Crippen LogP contribution is 2.36. The molecule has 1 heterocycles. The minimum Gasteiger partial charge on any atom is -0.497 e. The summed E-state index contributed by atoms with van der Waals surface area (Å²) in [7, 11) is 3.09. The number of amides is 2. The topological polar surface area (TPSA) is 67.9 Å². The number of ether oxygens (including phenoxy) is 2. The van der Waals surface area contributed by atoms with Crippen molar-refractivity contribution < 1.29 is 19.1 Å². The van der Waals surface area contributed by atoms with Crippen molar-refractivity contribution in [3.8, 4) is 11.5 Å². The summed E-state index contributed by atoms with van der Waals surface area (Å²) in [5.74, 6) is 0.348. The first-order valence-electron chi connectivity index (χ1n) is 8.52. The third-order valence-corrected chi connectivity index (χ3v) is 5.02. The van der Waals surface area contributed by atoms with Crippen molar-refractivity contribution in [2.75, 3.05) is 31.0 Å². The number of methoxy groups -OCH3 is 2. The highest BCUT2D eigenvalue weighted by atomic mass is 35.5. The van der Waals surface area contributed by atoms with E-state index in [2.05, 4.69) is 5.32 Å². The zero-order valence-electron chi connectivity index (χ0n) is 15.4. The largest absolute Gasteiger partial charge is 0.497 e. The van der Waals surface area contributed by atoms with E-state index in [1.807, 2.05) is 13.0 Å². The van der Waals surface area contributed by atoms with Crippen molar-refractivity contribution in [2.45, 2.75) is 13.3 Å². The maximum Gasteiger partial charge on any atom is 0.229 e. The Bertz CT molecular complexity index is 884. The van der Waals surface area contributed by atoms with Crippen molar-refractivity contribution >= 4 is 34.8 Å². The summed E-state index contributed by atoms with van der Waals surface area (Å²) in [4.78, 5) is 26.7. The molecule has 7 heteroatoms. The third-order valence-electron chi connectivity index (χ3n) is 4.61. The summed E-state index contributed by atoms with van der Waals surface area (Å²) in [6.07, 6.45) is 0.131. The van der Waals surface area contributed by atoms with Crippen LogP contribution in [0.2, 0.25) is 5.02 Å². The van der Waals surface area contributed by atoms with Gasteiger partial charge in [0.2, 0.25) is 11.8 Å². The molecule has 0 bridgehead atoms. The van der Waals surface area contributed by atoms with Gasteiger partial charge in [0.05, 0.1) is 25.8 Å². The zero-order valence-corrected chi connectivity index (χ0v) is 16.2. The molecule has 0 spiro atoms. The third kappa shape index (κ3) is 4.01. The number of hydrogen-bond acceptors (Lipinski definition) is 4. The second-order valence-corrected chi connectivity index (χ2v) is 6.80. The van der Waals surface area contributed by atoms with E-state index in [1.54, 1.807) is 42.3 Å². The number of benzene rings is 2. The van der Waals surface area contributed by atoms with Crippen molar-refractivity contribution in [3.63, 3.8) is 0 Å². The maximum atomic E-state index is 12.6. The number of nitrogens with one attached hydrogen (secondary N) is 1. The van der Waals surface area contributed by atoms with Gasteiger partial charge < -0.3 is 19.7 Å². The van der Waals surface area contributed by atoms with Gasteiger partial charge in [-0.1, -0.05) is 17.7 Å². The van der Waals surface area contributed by atoms with Gasteiger partial charge in [-0.15, -0.1) is 0 Å². The lowest BCUT2D eigenvalue weighted by molar-refractivity contribution is -0.122. The Kier molecular flexibility index (Phi) is 5.56. The fourth-order valence-corrected chi connectivity index (χ4v) is 3.22. The van der Waals surface area contributed by atoms with Crippen LogP contribution in [0.25, 0.3) is 0 Å². The first kappa shape index (κ1) is 19.0. The number of halogens is 1. The summed E-state index contributed by atoms with van der Waals surface area (Å²) in [6.45, 7) is 2.16. The molecule has 27 heavy (non-hydrogen) atoms. The van der Waals surface area contributed by atoms with Crippen LogP contribution >= 0.6 is 11.6 Å². The maximum absolute atomic E-state index is 12.6. The van der Waals surface area contributed by atoms with Crippen LogP contribution in [-0.4, -0.2) is 32.6 Å². The first-order valence-corrected chi connectivity index (χ1v) is 8.90. The zero-order chi connectivity index (χ0) is 19.6. The molecule has 3 rings (SSSR count). The standard InChI is InChI=1S/C20H21ClN2O4/c1-12-4-5-14(9-16(12)21)22-20(25)13-8-19(24)23(11-13)17-10-15(26-2)6-7-18(17)27-3/h4-7,9-10,13H,8,11H2,1-3H3,(H,22,25). The van der Waals surface area contributed by atoms with Gasteiger partial charge in [0.15, 0.2) is 0 Å². The SMILES string of the molecule is COc1ccc(OC)c(N2CC(C(=O)Nc3ccc(C)c(Cl)c3)CC2=O)c1. The summed E-state index contributed by atoms with van der Waals surface area (Å²) in [6, 6.07) is 10.6. The van der Waals surface area contributed by atoms with Crippen molar-refractivity contribution in [1.29, 1.82) is 0 Å². The number of carbonyl (C=O) groups is 2. The first-order chi connectivity index (χ1) is 12.9. The molecule has 1 atom stereocenters. The van der Waals surface area contributed by atoms with E-state index in [-0.39, 0.29) is 24.8 Å². The predicted octanol–water partition coefficient (Wildman–Crippen LogP) is 3.66. The molecule has 1 saturated heterocycles. The van der Waals surface area contributed by atoms with Gasteiger partial charge >= 0.3 is 0 Å². The van der Waals surface area contributed by atoms with E-state index in [9.17, 15) is 9.59 Å². The van der Waals surface area contributed by atoms with Crippen LogP contribution in [0.5, 0.6) is 11.5 Å². The van der Waals surface area contributed by atoms with Crippen molar-refractivity contribution in [1.82, 2.24) is 0 Å².